The molecule has 106 valence electrons. The second kappa shape index (κ2) is 5.56. The largest absolute Gasteiger partial charge is 0.366 e. The van der Waals surface area contributed by atoms with Crippen LogP contribution in [0.2, 0.25) is 0 Å². The Kier molecular flexibility index (Phi) is 3.62. The number of aromatic nitrogens is 3. The third kappa shape index (κ3) is 2.50. The van der Waals surface area contributed by atoms with Crippen molar-refractivity contribution in [3.63, 3.8) is 0 Å². The highest BCUT2D eigenvalue weighted by Crippen LogP contribution is 2.12. The molecular weight excluding hydrogens is 258 g/mol. The summed E-state index contributed by atoms with van der Waals surface area (Å²) in [4.78, 5) is 12.1. The monoisotopic (exact) mass is 275 g/mol. The fourth-order valence-corrected chi connectivity index (χ4v) is 2.26. The number of nitrogens with one attached hydrogen (secondary N) is 2. The molecule has 0 spiro atoms. The number of ether oxygens (including phenoxy) is 1. The van der Waals surface area contributed by atoms with Gasteiger partial charge in [-0.15, -0.1) is 10.2 Å². The first-order valence-electron chi connectivity index (χ1n) is 6.68. The van der Waals surface area contributed by atoms with Crippen molar-refractivity contribution < 1.29 is 9.53 Å². The number of hydrogen-bond acceptors (Lipinski definition) is 5. The molecule has 2 atom stereocenters. The minimum absolute atomic E-state index is 0.127. The Balaban J connectivity index is 1.72. The molecule has 3 heterocycles. The molecule has 2 aromatic heterocycles. The lowest BCUT2D eigenvalue weighted by Gasteiger charge is -2.24. The molecule has 2 unspecified atom stereocenters. The lowest BCUT2D eigenvalue weighted by Crippen LogP contribution is -2.48. The molecule has 1 fully saturated rings. The van der Waals surface area contributed by atoms with Crippen LogP contribution in [-0.2, 0) is 9.53 Å². The van der Waals surface area contributed by atoms with Gasteiger partial charge >= 0.3 is 0 Å². The van der Waals surface area contributed by atoms with Crippen LogP contribution in [0, 0.1) is 0 Å². The fourth-order valence-electron chi connectivity index (χ4n) is 2.26. The predicted molar refractivity (Wildman–Crippen MR) is 72.2 cm³/mol. The molecule has 1 amide bonds. The summed E-state index contributed by atoms with van der Waals surface area (Å²) in [5.74, 6) is 0.579. The van der Waals surface area contributed by atoms with Crippen LogP contribution in [0.5, 0.6) is 0 Å². The smallest absolute Gasteiger partial charge is 0.251 e. The minimum Gasteiger partial charge on any atom is -0.366 e. The highest BCUT2D eigenvalue weighted by Gasteiger charge is 2.24. The number of fused-ring (bicyclic) bond motifs is 1. The maximum absolute atomic E-state index is 12.1. The van der Waals surface area contributed by atoms with Gasteiger partial charge in [0.25, 0.3) is 5.91 Å². The van der Waals surface area contributed by atoms with E-state index >= 15 is 0 Å². The second-order valence-corrected chi connectivity index (χ2v) is 4.78. The van der Waals surface area contributed by atoms with E-state index in [-0.39, 0.29) is 11.9 Å². The molecule has 2 N–H and O–H groups in total. The van der Waals surface area contributed by atoms with Crippen molar-refractivity contribution >= 4 is 11.6 Å². The van der Waals surface area contributed by atoms with Gasteiger partial charge in [0.05, 0.1) is 12.6 Å². The number of pyridine rings is 1. The van der Waals surface area contributed by atoms with E-state index in [9.17, 15) is 4.79 Å². The first kappa shape index (κ1) is 13.0. The Bertz CT molecular complexity index is 606. The van der Waals surface area contributed by atoms with E-state index in [4.69, 9.17) is 4.74 Å². The van der Waals surface area contributed by atoms with Crippen LogP contribution in [-0.4, -0.2) is 46.3 Å². The molecule has 7 heteroatoms. The van der Waals surface area contributed by atoms with Crippen molar-refractivity contribution in [2.75, 3.05) is 19.7 Å². The molecule has 0 saturated carbocycles. The van der Waals surface area contributed by atoms with Crippen LogP contribution in [0.25, 0.3) is 5.65 Å². The van der Waals surface area contributed by atoms with E-state index in [0.29, 0.717) is 19.0 Å². The van der Waals surface area contributed by atoms with Gasteiger partial charge in [-0.1, -0.05) is 6.07 Å². The minimum atomic E-state index is -0.439. The SMILES string of the molecule is CC(NC(=O)C1CNCCO1)c1nnc2ccccn12. The lowest BCUT2D eigenvalue weighted by molar-refractivity contribution is -0.134. The van der Waals surface area contributed by atoms with Crippen molar-refractivity contribution in [2.24, 2.45) is 0 Å². The summed E-state index contributed by atoms with van der Waals surface area (Å²) in [6.45, 7) is 3.77. The third-order valence-electron chi connectivity index (χ3n) is 3.31. The van der Waals surface area contributed by atoms with Crippen molar-refractivity contribution in [2.45, 2.75) is 19.1 Å². The maximum Gasteiger partial charge on any atom is 0.251 e. The van der Waals surface area contributed by atoms with Crippen LogP contribution in [0.4, 0.5) is 0 Å². The molecule has 0 radical (unpaired) electrons. The molecular formula is C13H17N5O2. The summed E-state index contributed by atoms with van der Waals surface area (Å²) in [5, 5.41) is 14.3. The van der Waals surface area contributed by atoms with Crippen molar-refractivity contribution in [1.82, 2.24) is 25.2 Å². The van der Waals surface area contributed by atoms with Gasteiger partial charge in [-0.3, -0.25) is 9.20 Å². The van der Waals surface area contributed by atoms with Crippen LogP contribution in [0.1, 0.15) is 18.8 Å². The number of amides is 1. The molecule has 20 heavy (non-hydrogen) atoms. The molecule has 7 nitrogen and oxygen atoms in total. The predicted octanol–water partition coefficient (Wildman–Crippen LogP) is -0.105. The Morgan fingerprint density at radius 1 is 1.55 bits per heavy atom. The topological polar surface area (TPSA) is 80.5 Å². The highest BCUT2D eigenvalue weighted by atomic mass is 16.5. The lowest BCUT2D eigenvalue weighted by atomic mass is 10.2. The normalized spacial score (nSPS) is 20.8. The zero-order valence-corrected chi connectivity index (χ0v) is 11.2. The van der Waals surface area contributed by atoms with E-state index in [1.807, 2.05) is 35.7 Å². The Morgan fingerprint density at radius 2 is 2.45 bits per heavy atom. The maximum atomic E-state index is 12.1. The number of nitrogens with zero attached hydrogens (tertiary/aromatic N) is 3. The van der Waals surface area contributed by atoms with Crippen LogP contribution >= 0.6 is 0 Å². The Morgan fingerprint density at radius 3 is 3.25 bits per heavy atom. The second-order valence-electron chi connectivity index (χ2n) is 4.78. The zero-order valence-electron chi connectivity index (χ0n) is 11.2. The number of carbonyl (C=O) groups excluding carboxylic acids is 1. The molecule has 3 rings (SSSR count). The van der Waals surface area contributed by atoms with Crippen LogP contribution in [0.3, 0.4) is 0 Å². The number of hydrogen-bond donors (Lipinski definition) is 2. The first-order chi connectivity index (χ1) is 9.75. The average molecular weight is 275 g/mol. The summed E-state index contributed by atoms with van der Waals surface area (Å²) in [5.41, 5.74) is 0.763. The van der Waals surface area contributed by atoms with Gasteiger partial charge < -0.3 is 15.4 Å². The summed E-state index contributed by atoms with van der Waals surface area (Å²) < 4.78 is 7.29. The van der Waals surface area contributed by atoms with E-state index in [2.05, 4.69) is 20.8 Å². The van der Waals surface area contributed by atoms with Crippen molar-refractivity contribution in [3.8, 4) is 0 Å². The van der Waals surface area contributed by atoms with Gasteiger partial charge in [0.2, 0.25) is 0 Å². The Labute approximate surface area is 116 Å². The van der Waals surface area contributed by atoms with E-state index in [0.717, 1.165) is 12.2 Å². The summed E-state index contributed by atoms with van der Waals surface area (Å²) in [6, 6.07) is 5.45. The standard InChI is InChI=1S/C13H17N5O2/c1-9(15-13(19)10-8-14-5-7-20-10)12-17-16-11-4-2-3-6-18(11)12/h2-4,6,9-10,14H,5,7-8H2,1H3,(H,15,19). The molecule has 0 bridgehead atoms. The zero-order chi connectivity index (χ0) is 13.9. The summed E-state index contributed by atoms with van der Waals surface area (Å²) in [6.07, 6.45) is 1.44. The number of rotatable bonds is 3. The van der Waals surface area contributed by atoms with Gasteiger partial charge in [-0.2, -0.15) is 0 Å². The number of morpholine rings is 1. The van der Waals surface area contributed by atoms with Crippen molar-refractivity contribution in [1.29, 1.82) is 0 Å². The Hall–Kier alpha value is -1.99. The molecule has 0 aromatic carbocycles. The highest BCUT2D eigenvalue weighted by molar-refractivity contribution is 5.81. The first-order valence-corrected chi connectivity index (χ1v) is 6.68. The van der Waals surface area contributed by atoms with Gasteiger partial charge in [-0.05, 0) is 19.1 Å². The van der Waals surface area contributed by atoms with Crippen molar-refractivity contribution in [3.05, 3.63) is 30.2 Å². The quantitative estimate of drug-likeness (QED) is 0.817. The van der Waals surface area contributed by atoms with Crippen LogP contribution in [0.15, 0.2) is 24.4 Å². The third-order valence-corrected chi connectivity index (χ3v) is 3.31. The van der Waals surface area contributed by atoms with Crippen LogP contribution < -0.4 is 10.6 Å². The number of carbonyl (C=O) groups is 1. The summed E-state index contributed by atoms with van der Waals surface area (Å²) >= 11 is 0. The molecule has 1 saturated heterocycles. The molecule has 1 aliphatic rings. The van der Waals surface area contributed by atoms with E-state index in [1.54, 1.807) is 0 Å². The van der Waals surface area contributed by atoms with Gasteiger partial charge in [-0.25, -0.2) is 0 Å². The van der Waals surface area contributed by atoms with Gasteiger partial charge in [0.1, 0.15) is 6.10 Å². The summed E-state index contributed by atoms with van der Waals surface area (Å²) in [7, 11) is 0. The van der Waals surface area contributed by atoms with E-state index < -0.39 is 6.10 Å². The van der Waals surface area contributed by atoms with E-state index in [1.165, 1.54) is 0 Å². The molecule has 2 aromatic rings. The fraction of sp³-hybridized carbons (Fsp3) is 0.462. The average Bonchev–Trinajstić information content (AvgIpc) is 2.92. The molecule has 1 aliphatic heterocycles. The molecule has 0 aliphatic carbocycles. The van der Waals surface area contributed by atoms with Gasteiger partial charge in [0, 0.05) is 19.3 Å². The van der Waals surface area contributed by atoms with Gasteiger partial charge in [0.15, 0.2) is 11.5 Å².